The summed E-state index contributed by atoms with van der Waals surface area (Å²) in [5.41, 5.74) is 3.99. The Balaban J connectivity index is 1.66. The predicted octanol–water partition coefficient (Wildman–Crippen LogP) is 4.58. The number of nitrogens with one attached hydrogen (secondary N) is 1. The second-order valence-electron chi connectivity index (χ2n) is 6.33. The van der Waals surface area contributed by atoms with Gasteiger partial charge in [-0.15, -0.1) is 0 Å². The highest BCUT2D eigenvalue weighted by Crippen LogP contribution is 2.29. The van der Waals surface area contributed by atoms with Crippen LogP contribution in [0, 0.1) is 0 Å². The lowest BCUT2D eigenvalue weighted by molar-refractivity contribution is 0.385. The first kappa shape index (κ1) is 15.0. The van der Waals surface area contributed by atoms with E-state index in [1.54, 1.807) is 0 Å². The SMILES string of the molecule is c1ccc(C2CN(c3ccccc3)CC(c3ccccc3)N2)cc1. The van der Waals surface area contributed by atoms with Crippen molar-refractivity contribution >= 4 is 5.69 Å². The monoisotopic (exact) mass is 314 g/mol. The van der Waals surface area contributed by atoms with Gasteiger partial charge in [-0.25, -0.2) is 0 Å². The van der Waals surface area contributed by atoms with Crippen molar-refractivity contribution in [3.05, 3.63) is 102 Å². The molecule has 0 bridgehead atoms. The molecule has 2 atom stereocenters. The maximum Gasteiger partial charge on any atom is 0.0503 e. The van der Waals surface area contributed by atoms with Crippen molar-refractivity contribution < 1.29 is 0 Å². The van der Waals surface area contributed by atoms with Crippen molar-refractivity contribution in [2.45, 2.75) is 12.1 Å². The van der Waals surface area contributed by atoms with Gasteiger partial charge in [-0.1, -0.05) is 78.9 Å². The van der Waals surface area contributed by atoms with Gasteiger partial charge in [-0.05, 0) is 23.3 Å². The van der Waals surface area contributed by atoms with Crippen molar-refractivity contribution in [1.82, 2.24) is 5.32 Å². The highest BCUT2D eigenvalue weighted by molar-refractivity contribution is 5.48. The van der Waals surface area contributed by atoms with Crippen LogP contribution in [0.3, 0.4) is 0 Å². The summed E-state index contributed by atoms with van der Waals surface area (Å²) in [5, 5.41) is 3.84. The Hall–Kier alpha value is -2.58. The largest absolute Gasteiger partial charge is 0.368 e. The van der Waals surface area contributed by atoms with Crippen molar-refractivity contribution in [2.24, 2.45) is 0 Å². The summed E-state index contributed by atoms with van der Waals surface area (Å²) in [4.78, 5) is 2.49. The third kappa shape index (κ3) is 3.19. The Labute approximate surface area is 143 Å². The topological polar surface area (TPSA) is 15.3 Å². The summed E-state index contributed by atoms with van der Waals surface area (Å²) in [7, 11) is 0. The van der Waals surface area contributed by atoms with Crippen LogP contribution in [-0.2, 0) is 0 Å². The van der Waals surface area contributed by atoms with E-state index in [-0.39, 0.29) is 0 Å². The predicted molar refractivity (Wildman–Crippen MR) is 100 cm³/mol. The molecule has 0 radical (unpaired) electrons. The molecule has 1 aliphatic heterocycles. The van der Waals surface area contributed by atoms with E-state index in [1.807, 2.05) is 0 Å². The van der Waals surface area contributed by atoms with Gasteiger partial charge in [-0.3, -0.25) is 5.32 Å². The van der Waals surface area contributed by atoms with Crippen LogP contribution < -0.4 is 10.2 Å². The number of hydrogen-bond donors (Lipinski definition) is 1. The molecule has 0 aromatic heterocycles. The zero-order valence-electron chi connectivity index (χ0n) is 13.7. The van der Waals surface area contributed by atoms with Gasteiger partial charge >= 0.3 is 0 Å². The molecule has 1 aliphatic rings. The molecular weight excluding hydrogens is 292 g/mol. The third-order valence-electron chi connectivity index (χ3n) is 4.73. The molecular formula is C22H22N2. The minimum Gasteiger partial charge on any atom is -0.368 e. The Morgan fingerprint density at radius 2 is 1.00 bits per heavy atom. The van der Waals surface area contributed by atoms with Gasteiger partial charge in [-0.2, -0.15) is 0 Å². The van der Waals surface area contributed by atoms with Gasteiger partial charge < -0.3 is 4.90 Å². The zero-order chi connectivity index (χ0) is 16.2. The Morgan fingerprint density at radius 1 is 0.583 bits per heavy atom. The molecule has 2 nitrogen and oxygen atoms in total. The summed E-state index contributed by atoms with van der Waals surface area (Å²) in [6, 6.07) is 32.9. The fourth-order valence-electron chi connectivity index (χ4n) is 3.49. The van der Waals surface area contributed by atoms with Crippen LogP contribution >= 0.6 is 0 Å². The van der Waals surface area contributed by atoms with Crippen LogP contribution in [0.2, 0.25) is 0 Å². The first-order chi connectivity index (χ1) is 11.9. The van der Waals surface area contributed by atoms with E-state index in [4.69, 9.17) is 0 Å². The number of nitrogens with zero attached hydrogens (tertiary/aromatic N) is 1. The molecule has 24 heavy (non-hydrogen) atoms. The minimum atomic E-state index is 0.324. The lowest BCUT2D eigenvalue weighted by atomic mass is 9.97. The van der Waals surface area contributed by atoms with Gasteiger partial charge in [0.05, 0.1) is 12.1 Å². The van der Waals surface area contributed by atoms with E-state index in [1.165, 1.54) is 16.8 Å². The first-order valence-electron chi connectivity index (χ1n) is 8.56. The third-order valence-corrected chi connectivity index (χ3v) is 4.73. The van der Waals surface area contributed by atoms with E-state index in [0.717, 1.165) is 13.1 Å². The number of para-hydroxylation sites is 1. The Morgan fingerprint density at radius 3 is 1.46 bits per heavy atom. The van der Waals surface area contributed by atoms with Crippen LogP contribution in [-0.4, -0.2) is 13.1 Å². The molecule has 1 fully saturated rings. The average Bonchev–Trinajstić information content (AvgIpc) is 2.70. The molecule has 1 saturated heterocycles. The highest BCUT2D eigenvalue weighted by atomic mass is 15.2. The van der Waals surface area contributed by atoms with E-state index in [0.29, 0.717) is 12.1 Å². The second-order valence-corrected chi connectivity index (χ2v) is 6.33. The number of benzene rings is 3. The molecule has 1 N–H and O–H groups in total. The van der Waals surface area contributed by atoms with E-state index in [2.05, 4.69) is 101 Å². The lowest BCUT2D eigenvalue weighted by Gasteiger charge is -2.40. The van der Waals surface area contributed by atoms with E-state index >= 15 is 0 Å². The molecule has 4 rings (SSSR count). The maximum atomic E-state index is 3.84. The summed E-state index contributed by atoms with van der Waals surface area (Å²) < 4.78 is 0. The standard InChI is InChI=1S/C22H22N2/c1-4-10-18(11-5-1)21-16-24(20-14-8-3-9-15-20)17-22(23-21)19-12-6-2-7-13-19/h1-15,21-23H,16-17H2. The minimum absolute atomic E-state index is 0.324. The quantitative estimate of drug-likeness (QED) is 0.761. The molecule has 3 aromatic carbocycles. The number of piperazine rings is 1. The fraction of sp³-hybridized carbons (Fsp3) is 0.182. The highest BCUT2D eigenvalue weighted by Gasteiger charge is 2.28. The number of anilines is 1. The summed E-state index contributed by atoms with van der Waals surface area (Å²) in [5.74, 6) is 0. The van der Waals surface area contributed by atoms with Crippen molar-refractivity contribution in [1.29, 1.82) is 0 Å². The molecule has 120 valence electrons. The fourth-order valence-corrected chi connectivity index (χ4v) is 3.49. The molecule has 0 amide bonds. The maximum absolute atomic E-state index is 3.84. The molecule has 2 heteroatoms. The average molecular weight is 314 g/mol. The molecule has 0 saturated carbocycles. The Kier molecular flexibility index (Phi) is 4.30. The second kappa shape index (κ2) is 6.90. The van der Waals surface area contributed by atoms with Gasteiger partial charge in [0.2, 0.25) is 0 Å². The van der Waals surface area contributed by atoms with Crippen molar-refractivity contribution in [2.75, 3.05) is 18.0 Å². The summed E-state index contributed by atoms with van der Waals surface area (Å²) in [6.45, 7) is 1.97. The van der Waals surface area contributed by atoms with Crippen molar-refractivity contribution in [3.8, 4) is 0 Å². The molecule has 3 aromatic rings. The van der Waals surface area contributed by atoms with E-state index in [9.17, 15) is 0 Å². The summed E-state index contributed by atoms with van der Waals surface area (Å²) in [6.07, 6.45) is 0. The van der Waals surface area contributed by atoms with Gasteiger partial charge in [0.15, 0.2) is 0 Å². The molecule has 0 aliphatic carbocycles. The molecule has 1 heterocycles. The van der Waals surface area contributed by atoms with Crippen molar-refractivity contribution in [3.63, 3.8) is 0 Å². The van der Waals surface area contributed by atoms with Crippen LogP contribution in [0.1, 0.15) is 23.2 Å². The first-order valence-corrected chi connectivity index (χ1v) is 8.56. The van der Waals surface area contributed by atoms with Gasteiger partial charge in [0, 0.05) is 18.8 Å². The van der Waals surface area contributed by atoms with Crippen LogP contribution in [0.5, 0.6) is 0 Å². The number of rotatable bonds is 3. The number of hydrogen-bond acceptors (Lipinski definition) is 2. The Bertz CT molecular complexity index is 642. The van der Waals surface area contributed by atoms with Gasteiger partial charge in [0.1, 0.15) is 0 Å². The van der Waals surface area contributed by atoms with Crippen LogP contribution in [0.25, 0.3) is 0 Å². The van der Waals surface area contributed by atoms with Crippen LogP contribution in [0.4, 0.5) is 5.69 Å². The van der Waals surface area contributed by atoms with Crippen LogP contribution in [0.15, 0.2) is 91.0 Å². The smallest absolute Gasteiger partial charge is 0.0503 e. The summed E-state index contributed by atoms with van der Waals surface area (Å²) >= 11 is 0. The molecule has 0 spiro atoms. The van der Waals surface area contributed by atoms with Gasteiger partial charge in [0.25, 0.3) is 0 Å². The van der Waals surface area contributed by atoms with E-state index < -0.39 is 0 Å². The zero-order valence-corrected chi connectivity index (χ0v) is 13.7. The molecule has 2 unspecified atom stereocenters. The lowest BCUT2D eigenvalue weighted by Crippen LogP contribution is -2.47. The normalized spacial score (nSPS) is 20.8.